The fourth-order valence-electron chi connectivity index (χ4n) is 4.74. The first kappa shape index (κ1) is 14.4. The minimum Gasteiger partial charge on any atom is -0.353 e. The highest BCUT2D eigenvalue weighted by molar-refractivity contribution is 5.80. The van der Waals surface area contributed by atoms with Crippen molar-refractivity contribution >= 4 is 5.91 Å². The Balaban J connectivity index is 1.62. The number of fused-ring (bicyclic) bond motifs is 2. The van der Waals surface area contributed by atoms with Gasteiger partial charge < -0.3 is 10.6 Å². The number of amides is 1. The van der Waals surface area contributed by atoms with Crippen LogP contribution < -0.4 is 10.6 Å². The molecule has 3 fully saturated rings. The Morgan fingerprint density at radius 1 is 1.10 bits per heavy atom. The van der Waals surface area contributed by atoms with E-state index in [-0.39, 0.29) is 5.92 Å². The molecule has 2 N–H and O–H groups in total. The molecule has 1 aliphatic carbocycles. The zero-order valence-corrected chi connectivity index (χ0v) is 13.2. The van der Waals surface area contributed by atoms with Gasteiger partial charge in [-0.1, -0.05) is 33.6 Å². The molecule has 3 heteroatoms. The van der Waals surface area contributed by atoms with Crippen molar-refractivity contribution in [3.63, 3.8) is 0 Å². The Morgan fingerprint density at radius 3 is 2.45 bits per heavy atom. The second-order valence-electron chi connectivity index (χ2n) is 8.26. The van der Waals surface area contributed by atoms with E-state index in [0.717, 1.165) is 6.42 Å². The van der Waals surface area contributed by atoms with Crippen LogP contribution in [-0.4, -0.2) is 24.0 Å². The highest BCUT2D eigenvalue weighted by Crippen LogP contribution is 2.39. The summed E-state index contributed by atoms with van der Waals surface area (Å²) in [6.45, 7) is 6.96. The fourth-order valence-corrected chi connectivity index (χ4v) is 4.74. The van der Waals surface area contributed by atoms with Crippen molar-refractivity contribution < 1.29 is 4.79 Å². The Hall–Kier alpha value is -0.570. The molecule has 3 rings (SSSR count). The lowest BCUT2D eigenvalue weighted by molar-refractivity contribution is -0.127. The topological polar surface area (TPSA) is 41.1 Å². The van der Waals surface area contributed by atoms with Crippen molar-refractivity contribution in [3.05, 3.63) is 0 Å². The molecule has 2 aliphatic heterocycles. The van der Waals surface area contributed by atoms with Gasteiger partial charge in [0.2, 0.25) is 5.91 Å². The van der Waals surface area contributed by atoms with E-state index in [1.165, 1.54) is 38.5 Å². The van der Waals surface area contributed by atoms with Gasteiger partial charge in [0.25, 0.3) is 0 Å². The van der Waals surface area contributed by atoms with Crippen LogP contribution in [0.4, 0.5) is 0 Å². The third-order valence-corrected chi connectivity index (χ3v) is 5.84. The number of nitrogens with one attached hydrogen (secondary N) is 2. The highest BCUT2D eigenvalue weighted by Gasteiger charge is 2.44. The summed E-state index contributed by atoms with van der Waals surface area (Å²) in [6.07, 6.45) is 8.55. The smallest absolute Gasteiger partial charge is 0.224 e. The Bertz CT molecular complexity index is 374. The summed E-state index contributed by atoms with van der Waals surface area (Å²) >= 11 is 0. The summed E-state index contributed by atoms with van der Waals surface area (Å²) in [5.41, 5.74) is 0.297. The maximum absolute atomic E-state index is 12.6. The van der Waals surface area contributed by atoms with Gasteiger partial charge in [0.15, 0.2) is 0 Å². The molecule has 2 saturated heterocycles. The minimum atomic E-state index is 0.233. The van der Waals surface area contributed by atoms with Crippen LogP contribution in [0, 0.1) is 17.3 Å². The molecule has 5 unspecified atom stereocenters. The van der Waals surface area contributed by atoms with E-state index in [4.69, 9.17) is 0 Å². The summed E-state index contributed by atoms with van der Waals surface area (Å²) in [5, 5.41) is 7.00. The number of hydrogen-bond acceptors (Lipinski definition) is 2. The van der Waals surface area contributed by atoms with E-state index in [2.05, 4.69) is 31.4 Å². The molecule has 20 heavy (non-hydrogen) atoms. The Morgan fingerprint density at radius 2 is 1.85 bits per heavy atom. The van der Waals surface area contributed by atoms with Gasteiger partial charge >= 0.3 is 0 Å². The summed E-state index contributed by atoms with van der Waals surface area (Å²) in [7, 11) is 0. The highest BCUT2D eigenvalue weighted by atomic mass is 16.2. The summed E-state index contributed by atoms with van der Waals surface area (Å²) < 4.78 is 0. The number of rotatable bonds is 2. The molecule has 0 aromatic rings. The molecule has 3 aliphatic rings. The molecule has 0 aromatic heterocycles. The van der Waals surface area contributed by atoms with Crippen molar-refractivity contribution in [1.82, 2.24) is 10.6 Å². The lowest BCUT2D eigenvalue weighted by Gasteiger charge is -2.41. The van der Waals surface area contributed by atoms with Crippen LogP contribution in [0.3, 0.4) is 0 Å². The third kappa shape index (κ3) is 2.74. The summed E-state index contributed by atoms with van der Waals surface area (Å²) in [6, 6.07) is 1.47. The first-order valence-corrected chi connectivity index (χ1v) is 8.51. The van der Waals surface area contributed by atoms with E-state index in [1.54, 1.807) is 0 Å². The van der Waals surface area contributed by atoms with Crippen LogP contribution in [0.1, 0.15) is 65.7 Å². The van der Waals surface area contributed by atoms with Crippen molar-refractivity contribution in [2.45, 2.75) is 83.8 Å². The molecule has 114 valence electrons. The molecule has 3 nitrogen and oxygen atoms in total. The van der Waals surface area contributed by atoms with Crippen molar-refractivity contribution in [2.24, 2.45) is 17.3 Å². The third-order valence-electron chi connectivity index (χ3n) is 5.84. The number of carbonyl (C=O) groups excluding carboxylic acids is 1. The summed E-state index contributed by atoms with van der Waals surface area (Å²) in [5.74, 6) is 1.19. The first-order chi connectivity index (χ1) is 9.45. The van der Waals surface area contributed by atoms with Gasteiger partial charge in [-0.25, -0.2) is 0 Å². The maximum atomic E-state index is 12.6. The molecule has 1 saturated carbocycles. The lowest BCUT2D eigenvalue weighted by Crippen LogP contribution is -2.49. The van der Waals surface area contributed by atoms with Gasteiger partial charge in [0.1, 0.15) is 0 Å². The molecular weight excluding hydrogens is 248 g/mol. The van der Waals surface area contributed by atoms with Crippen LogP contribution in [-0.2, 0) is 4.79 Å². The minimum absolute atomic E-state index is 0.233. The molecule has 2 heterocycles. The van der Waals surface area contributed by atoms with E-state index < -0.39 is 0 Å². The van der Waals surface area contributed by atoms with Gasteiger partial charge in [0, 0.05) is 18.1 Å². The molecule has 5 atom stereocenters. The first-order valence-electron chi connectivity index (χ1n) is 8.51. The van der Waals surface area contributed by atoms with Crippen molar-refractivity contribution in [3.8, 4) is 0 Å². The SMILES string of the molecule is CC(C)(C)C1CCCCC1NC(=O)C1CC2CCC1N2. The van der Waals surface area contributed by atoms with Gasteiger partial charge in [-0.2, -0.15) is 0 Å². The number of carbonyl (C=O) groups is 1. The largest absolute Gasteiger partial charge is 0.353 e. The lowest BCUT2D eigenvalue weighted by atomic mass is 9.69. The predicted molar refractivity (Wildman–Crippen MR) is 81.4 cm³/mol. The molecule has 0 spiro atoms. The molecule has 0 radical (unpaired) electrons. The van der Waals surface area contributed by atoms with E-state index >= 15 is 0 Å². The van der Waals surface area contributed by atoms with Gasteiger partial charge in [-0.15, -0.1) is 0 Å². The van der Waals surface area contributed by atoms with Crippen molar-refractivity contribution in [1.29, 1.82) is 0 Å². The molecule has 2 bridgehead atoms. The van der Waals surface area contributed by atoms with Gasteiger partial charge in [-0.05, 0) is 43.4 Å². The van der Waals surface area contributed by atoms with Gasteiger partial charge in [-0.3, -0.25) is 4.79 Å². The molecular formula is C17H30N2O. The van der Waals surface area contributed by atoms with Crippen molar-refractivity contribution in [2.75, 3.05) is 0 Å². The van der Waals surface area contributed by atoms with Crippen LogP contribution in [0.5, 0.6) is 0 Å². The summed E-state index contributed by atoms with van der Waals surface area (Å²) in [4.78, 5) is 12.6. The Labute approximate surface area is 123 Å². The zero-order chi connectivity index (χ0) is 14.3. The van der Waals surface area contributed by atoms with Gasteiger partial charge in [0.05, 0.1) is 5.92 Å². The standard InChI is InChI=1S/C17H30N2O/c1-17(2,3)13-6-4-5-7-15(13)19-16(20)12-10-11-8-9-14(12)18-11/h11-15,18H,4-10H2,1-3H3,(H,19,20). The average Bonchev–Trinajstić information content (AvgIpc) is 3.00. The van der Waals surface area contributed by atoms with E-state index in [9.17, 15) is 4.79 Å². The van der Waals surface area contributed by atoms with Crippen LogP contribution in [0.2, 0.25) is 0 Å². The molecule has 1 amide bonds. The normalized spacial score (nSPS) is 40.9. The second-order valence-corrected chi connectivity index (χ2v) is 8.26. The Kier molecular flexibility index (Phi) is 3.83. The quantitative estimate of drug-likeness (QED) is 0.815. The average molecular weight is 278 g/mol. The second kappa shape index (κ2) is 5.32. The zero-order valence-electron chi connectivity index (χ0n) is 13.2. The monoisotopic (exact) mass is 278 g/mol. The predicted octanol–water partition coefficient (Wildman–Crippen LogP) is 2.85. The van der Waals surface area contributed by atoms with Crippen LogP contribution >= 0.6 is 0 Å². The molecule has 0 aromatic carbocycles. The van der Waals surface area contributed by atoms with Crippen LogP contribution in [0.25, 0.3) is 0 Å². The number of hydrogen-bond donors (Lipinski definition) is 2. The van der Waals surface area contributed by atoms with E-state index in [1.807, 2.05) is 0 Å². The maximum Gasteiger partial charge on any atom is 0.224 e. The van der Waals surface area contributed by atoms with Crippen LogP contribution in [0.15, 0.2) is 0 Å². The fraction of sp³-hybridized carbons (Fsp3) is 0.941. The van der Waals surface area contributed by atoms with E-state index in [0.29, 0.717) is 35.4 Å².